The van der Waals surface area contributed by atoms with E-state index in [0.717, 1.165) is 28.1 Å². The van der Waals surface area contributed by atoms with E-state index in [1.807, 2.05) is 62.5 Å². The van der Waals surface area contributed by atoms with Crippen LogP contribution in [0.1, 0.15) is 42.2 Å². The Balaban J connectivity index is 1.79. The Labute approximate surface area is 229 Å². The van der Waals surface area contributed by atoms with Crippen molar-refractivity contribution in [1.82, 2.24) is 15.1 Å². The van der Waals surface area contributed by atoms with E-state index in [1.165, 1.54) is 34.1 Å². The molecule has 2 aromatic heterocycles. The van der Waals surface area contributed by atoms with Crippen molar-refractivity contribution in [1.29, 1.82) is 0 Å². The molecule has 1 N–H and O–H groups in total. The first-order valence-electron chi connectivity index (χ1n) is 12.6. The molecule has 0 radical (unpaired) electrons. The van der Waals surface area contributed by atoms with Gasteiger partial charge in [-0.05, 0) is 49.4 Å². The zero-order valence-corrected chi connectivity index (χ0v) is 23.1. The summed E-state index contributed by atoms with van der Waals surface area (Å²) >= 11 is 2.90. The van der Waals surface area contributed by atoms with Crippen molar-refractivity contribution in [2.24, 2.45) is 0 Å². The molecular weight excluding hydrogens is 519 g/mol. The summed E-state index contributed by atoms with van der Waals surface area (Å²) in [6.45, 7) is 5.76. The molecule has 0 saturated carbocycles. The third-order valence-corrected chi connectivity index (χ3v) is 8.81. The number of fused-ring (bicyclic) bond motifs is 1. The Kier molecular flexibility index (Phi) is 7.67. The first kappa shape index (κ1) is 26.2. The molecule has 1 aliphatic rings. The predicted molar refractivity (Wildman–Crippen MR) is 153 cm³/mol. The molecule has 196 valence electrons. The molecule has 9 heteroatoms. The van der Waals surface area contributed by atoms with Gasteiger partial charge in [0.1, 0.15) is 23.9 Å². The molecule has 0 bridgehead atoms. The molecule has 2 amide bonds. The largest absolute Gasteiger partial charge is 0.352 e. The number of carbonyl (C=O) groups is 2. The number of amides is 2. The molecular formula is C29H29FN4O2S2. The molecule has 5 rings (SSSR count). The van der Waals surface area contributed by atoms with Gasteiger partial charge >= 0.3 is 0 Å². The number of aromatic nitrogens is 2. The fourth-order valence-corrected chi connectivity index (χ4v) is 6.53. The number of thiophene rings is 1. The number of benzene rings is 2. The van der Waals surface area contributed by atoms with Crippen molar-refractivity contribution in [2.75, 3.05) is 17.2 Å². The highest BCUT2D eigenvalue weighted by atomic mass is 32.2. The number of thioether (sulfide) groups is 1. The number of nitrogens with zero attached hydrogens (tertiary/aromatic N) is 3. The van der Waals surface area contributed by atoms with Crippen LogP contribution in [0.2, 0.25) is 0 Å². The van der Waals surface area contributed by atoms with E-state index in [1.54, 1.807) is 22.9 Å². The Morgan fingerprint density at radius 2 is 1.92 bits per heavy atom. The third-order valence-electron chi connectivity index (χ3n) is 6.70. The molecule has 0 spiro atoms. The Hall–Kier alpha value is -3.43. The van der Waals surface area contributed by atoms with Gasteiger partial charge in [0.25, 0.3) is 0 Å². The van der Waals surface area contributed by atoms with Crippen molar-refractivity contribution < 1.29 is 14.0 Å². The van der Waals surface area contributed by atoms with Crippen LogP contribution in [0.25, 0.3) is 16.3 Å². The lowest BCUT2D eigenvalue weighted by Gasteiger charge is -2.24. The zero-order chi connectivity index (χ0) is 26.8. The highest BCUT2D eigenvalue weighted by Crippen LogP contribution is 2.49. The van der Waals surface area contributed by atoms with Gasteiger partial charge in [0.15, 0.2) is 0 Å². The van der Waals surface area contributed by atoms with E-state index in [4.69, 9.17) is 5.10 Å². The molecule has 0 fully saturated rings. The van der Waals surface area contributed by atoms with Crippen LogP contribution in [0.4, 0.5) is 10.2 Å². The second-order valence-corrected chi connectivity index (χ2v) is 11.4. The fourth-order valence-electron chi connectivity index (χ4n) is 4.58. The highest BCUT2D eigenvalue weighted by molar-refractivity contribution is 8.00. The average molecular weight is 549 g/mol. The first-order valence-corrected chi connectivity index (χ1v) is 14.5. The van der Waals surface area contributed by atoms with Gasteiger partial charge in [0.2, 0.25) is 11.8 Å². The Bertz CT molecular complexity index is 1470. The molecule has 3 heterocycles. The van der Waals surface area contributed by atoms with E-state index >= 15 is 4.39 Å². The minimum Gasteiger partial charge on any atom is -0.352 e. The van der Waals surface area contributed by atoms with E-state index in [-0.39, 0.29) is 36.0 Å². The van der Waals surface area contributed by atoms with Crippen LogP contribution in [0.3, 0.4) is 0 Å². The summed E-state index contributed by atoms with van der Waals surface area (Å²) in [5, 5.41) is 9.50. The summed E-state index contributed by atoms with van der Waals surface area (Å²) in [5.74, 6) is -0.204. The van der Waals surface area contributed by atoms with Gasteiger partial charge in [-0.15, -0.1) is 23.1 Å². The van der Waals surface area contributed by atoms with Crippen molar-refractivity contribution in [3.63, 3.8) is 0 Å². The lowest BCUT2D eigenvalue weighted by molar-refractivity contribution is -0.123. The number of anilines is 1. The van der Waals surface area contributed by atoms with E-state index < -0.39 is 5.25 Å². The number of carbonyl (C=O) groups excluding carboxylic acids is 2. The van der Waals surface area contributed by atoms with Gasteiger partial charge in [-0.25, -0.2) is 9.07 Å². The fraction of sp³-hybridized carbons (Fsp3) is 0.276. The summed E-state index contributed by atoms with van der Waals surface area (Å²) < 4.78 is 17.0. The van der Waals surface area contributed by atoms with Crippen LogP contribution in [0.5, 0.6) is 0 Å². The van der Waals surface area contributed by atoms with Crippen molar-refractivity contribution in [3.8, 4) is 16.3 Å². The van der Waals surface area contributed by atoms with E-state index in [2.05, 4.69) is 5.32 Å². The lowest BCUT2D eigenvalue weighted by atomic mass is 10.0. The maximum Gasteiger partial charge on any atom is 0.240 e. The van der Waals surface area contributed by atoms with Gasteiger partial charge < -0.3 is 5.32 Å². The topological polar surface area (TPSA) is 67.2 Å². The van der Waals surface area contributed by atoms with Gasteiger partial charge in [-0.3, -0.25) is 14.5 Å². The van der Waals surface area contributed by atoms with Crippen molar-refractivity contribution in [3.05, 3.63) is 88.6 Å². The predicted octanol–water partition coefficient (Wildman–Crippen LogP) is 6.13. The summed E-state index contributed by atoms with van der Waals surface area (Å²) in [5.41, 5.74) is 3.66. The van der Waals surface area contributed by atoms with Crippen LogP contribution in [0, 0.1) is 12.7 Å². The normalized spacial score (nSPS) is 16.2. The molecule has 1 aliphatic heterocycles. The van der Waals surface area contributed by atoms with E-state index in [0.29, 0.717) is 17.1 Å². The van der Waals surface area contributed by atoms with Crippen molar-refractivity contribution >= 4 is 40.7 Å². The van der Waals surface area contributed by atoms with Crippen LogP contribution < -0.4 is 10.2 Å². The molecule has 0 aliphatic carbocycles. The Morgan fingerprint density at radius 1 is 1.16 bits per heavy atom. The number of hydrogen-bond acceptors (Lipinski definition) is 5. The number of nitrogens with one attached hydrogen (secondary N) is 1. The smallest absolute Gasteiger partial charge is 0.240 e. The maximum absolute atomic E-state index is 15.3. The van der Waals surface area contributed by atoms with Gasteiger partial charge in [0, 0.05) is 17.2 Å². The molecule has 38 heavy (non-hydrogen) atoms. The highest BCUT2D eigenvalue weighted by Gasteiger charge is 2.38. The molecule has 2 aromatic carbocycles. The summed E-state index contributed by atoms with van der Waals surface area (Å²) in [4.78, 5) is 29.2. The number of para-hydroxylation sites is 1. The quantitative estimate of drug-likeness (QED) is 0.302. The van der Waals surface area contributed by atoms with Crippen molar-refractivity contribution in [2.45, 2.75) is 38.5 Å². The standard InChI is InChI=1S/C29H29FN4O2S2/c1-4-19(3)31-24(35)16-33-25(36)17-38-28(20-11-6-7-12-21(20)30)26-27(23-14-9-15-37-23)32-34(29(26)33)22-13-8-5-10-18(22)2/h5-15,19,28H,4,16-17H2,1-3H3,(H,31,35)/t19-,28-/m0/s1. The molecule has 2 atom stereocenters. The molecule has 0 unspecified atom stereocenters. The Morgan fingerprint density at radius 3 is 2.63 bits per heavy atom. The number of aryl methyl sites for hydroxylation is 1. The number of hydrogen-bond donors (Lipinski definition) is 1. The molecule has 4 aromatic rings. The van der Waals surface area contributed by atoms with Gasteiger partial charge in [0.05, 0.1) is 21.6 Å². The molecule has 6 nitrogen and oxygen atoms in total. The third kappa shape index (κ3) is 5.00. The van der Waals surface area contributed by atoms with Crippen LogP contribution in [-0.4, -0.2) is 39.9 Å². The second-order valence-electron chi connectivity index (χ2n) is 9.33. The van der Waals surface area contributed by atoms with Gasteiger partial charge in [-0.2, -0.15) is 5.10 Å². The monoisotopic (exact) mass is 548 g/mol. The minimum atomic E-state index is -0.493. The van der Waals surface area contributed by atoms with Crippen LogP contribution >= 0.6 is 23.1 Å². The maximum atomic E-state index is 15.3. The minimum absolute atomic E-state index is 0.0208. The van der Waals surface area contributed by atoms with Gasteiger partial charge in [-0.1, -0.05) is 49.4 Å². The summed E-state index contributed by atoms with van der Waals surface area (Å²) in [6, 6.07) is 18.4. The van der Waals surface area contributed by atoms with E-state index in [9.17, 15) is 9.59 Å². The van der Waals surface area contributed by atoms with Crippen LogP contribution in [0.15, 0.2) is 66.0 Å². The first-order chi connectivity index (χ1) is 18.4. The number of rotatable bonds is 7. The number of halogens is 1. The molecule has 0 saturated heterocycles. The lowest BCUT2D eigenvalue weighted by Crippen LogP contribution is -2.44. The van der Waals surface area contributed by atoms with Crippen LogP contribution in [-0.2, 0) is 9.59 Å². The zero-order valence-electron chi connectivity index (χ0n) is 21.5. The average Bonchev–Trinajstić information content (AvgIpc) is 3.54. The summed E-state index contributed by atoms with van der Waals surface area (Å²) in [7, 11) is 0. The SMILES string of the molecule is CC[C@H](C)NC(=O)CN1C(=O)CS[C@@H](c2ccccc2F)c2c(-c3cccs3)nn(-c3ccccc3C)c21. The summed E-state index contributed by atoms with van der Waals surface area (Å²) in [6.07, 6.45) is 0.778. The second kappa shape index (κ2) is 11.1.